The van der Waals surface area contributed by atoms with E-state index in [1.807, 2.05) is 12.1 Å². The fourth-order valence-electron chi connectivity index (χ4n) is 1.33. The molecule has 1 aromatic rings. The van der Waals surface area contributed by atoms with Crippen molar-refractivity contribution in [2.24, 2.45) is 0 Å². The van der Waals surface area contributed by atoms with E-state index < -0.39 is 15.3 Å². The Hall–Kier alpha value is -1.27. The largest absolute Gasteiger partial charge is 0.427 e. The summed E-state index contributed by atoms with van der Waals surface area (Å²) in [7, 11) is 0.719. The molecule has 1 N–H and O–H groups in total. The Kier molecular flexibility index (Phi) is 4.98. The van der Waals surface area contributed by atoms with Gasteiger partial charge in [-0.3, -0.25) is 0 Å². The van der Waals surface area contributed by atoms with Gasteiger partial charge in [-0.2, -0.15) is 8.42 Å². The van der Waals surface area contributed by atoms with Crippen molar-refractivity contribution in [3.05, 3.63) is 29.8 Å². The van der Waals surface area contributed by atoms with Gasteiger partial charge in [0.15, 0.2) is 0 Å². The molecule has 0 saturated carbocycles. The van der Waals surface area contributed by atoms with E-state index in [-0.39, 0.29) is 5.75 Å². The number of nitrogens with one attached hydrogen (secondary N) is 1. The van der Waals surface area contributed by atoms with Crippen LogP contribution in [0.1, 0.15) is 31.7 Å². The molecule has 0 fully saturated rings. The molecular formula is C11H14ClNO4S. The highest BCUT2D eigenvalue weighted by atomic mass is 35.7. The molecule has 0 aliphatic carbocycles. The molecule has 18 heavy (non-hydrogen) atoms. The van der Waals surface area contributed by atoms with Crippen molar-refractivity contribution in [1.29, 1.82) is 0 Å². The van der Waals surface area contributed by atoms with Gasteiger partial charge in [0.05, 0.1) is 0 Å². The van der Waals surface area contributed by atoms with Crippen molar-refractivity contribution in [2.45, 2.75) is 26.2 Å². The van der Waals surface area contributed by atoms with Gasteiger partial charge in [-0.25, -0.2) is 9.52 Å². The molecule has 1 aromatic carbocycles. The fraction of sp³-hybridized carbons (Fsp3) is 0.364. The molecule has 1 amide bonds. The van der Waals surface area contributed by atoms with Crippen molar-refractivity contribution < 1.29 is 17.9 Å². The standard InChI is InChI=1S/C11H14ClNO4S/c1-3-8(2)9-4-6-10(7-5-9)17-11(14)13-18(12,15)16/h4-8H,3H2,1-2H3,(H,13,14). The summed E-state index contributed by atoms with van der Waals surface area (Å²) in [6.45, 7) is 4.16. The predicted molar refractivity (Wildman–Crippen MR) is 69.1 cm³/mol. The summed E-state index contributed by atoms with van der Waals surface area (Å²) < 4.78 is 27.4. The SMILES string of the molecule is CCC(C)c1ccc(OC(=O)NS(=O)(=O)Cl)cc1. The van der Waals surface area contributed by atoms with Crippen LogP contribution in [0.4, 0.5) is 4.79 Å². The van der Waals surface area contributed by atoms with Gasteiger partial charge in [0.25, 0.3) is 0 Å². The van der Waals surface area contributed by atoms with Gasteiger partial charge >= 0.3 is 15.3 Å². The highest BCUT2D eigenvalue weighted by Crippen LogP contribution is 2.21. The third-order valence-electron chi connectivity index (χ3n) is 2.48. The lowest BCUT2D eigenvalue weighted by molar-refractivity contribution is 0.207. The van der Waals surface area contributed by atoms with E-state index in [1.165, 1.54) is 4.72 Å². The Bertz CT molecular complexity index is 512. The molecule has 0 bridgehead atoms. The molecule has 1 unspecified atom stereocenters. The van der Waals surface area contributed by atoms with Crippen molar-refractivity contribution >= 4 is 26.0 Å². The second kappa shape index (κ2) is 6.06. The topological polar surface area (TPSA) is 72.5 Å². The van der Waals surface area contributed by atoms with Gasteiger partial charge in [-0.1, -0.05) is 26.0 Å². The summed E-state index contributed by atoms with van der Waals surface area (Å²) in [4.78, 5) is 11.1. The molecule has 1 rings (SSSR count). The number of rotatable bonds is 4. The minimum Gasteiger partial charge on any atom is -0.410 e. The normalized spacial score (nSPS) is 12.8. The van der Waals surface area contributed by atoms with Gasteiger partial charge in [-0.05, 0) is 30.0 Å². The lowest BCUT2D eigenvalue weighted by atomic mass is 9.99. The maximum absolute atomic E-state index is 11.1. The lowest BCUT2D eigenvalue weighted by Gasteiger charge is -2.09. The second-order valence-corrected chi connectivity index (χ2v) is 6.11. The molecule has 1 atom stereocenters. The van der Waals surface area contributed by atoms with Gasteiger partial charge in [-0.15, -0.1) is 0 Å². The maximum Gasteiger partial charge on any atom is 0.427 e. The van der Waals surface area contributed by atoms with Crippen LogP contribution in [-0.4, -0.2) is 14.5 Å². The van der Waals surface area contributed by atoms with Gasteiger partial charge < -0.3 is 4.74 Å². The van der Waals surface area contributed by atoms with Gasteiger partial charge in [0.1, 0.15) is 5.75 Å². The minimum absolute atomic E-state index is 0.250. The monoisotopic (exact) mass is 291 g/mol. The number of benzene rings is 1. The minimum atomic E-state index is -4.12. The zero-order chi connectivity index (χ0) is 13.8. The first-order chi connectivity index (χ1) is 8.31. The Morgan fingerprint density at radius 1 is 1.39 bits per heavy atom. The van der Waals surface area contributed by atoms with Crippen LogP contribution in [0, 0.1) is 0 Å². The number of halogens is 1. The summed E-state index contributed by atoms with van der Waals surface area (Å²) in [6.07, 6.45) is -0.133. The molecule has 0 aromatic heterocycles. The first-order valence-corrected chi connectivity index (χ1v) is 7.67. The molecule has 0 aliphatic rings. The summed E-state index contributed by atoms with van der Waals surface area (Å²) in [6, 6.07) is 6.85. The van der Waals surface area contributed by atoms with E-state index in [0.717, 1.165) is 12.0 Å². The third kappa shape index (κ3) is 4.93. The van der Waals surface area contributed by atoms with Crippen molar-refractivity contribution in [3.8, 4) is 5.75 Å². The predicted octanol–water partition coefficient (Wildman–Crippen LogP) is 2.77. The second-order valence-electron chi connectivity index (χ2n) is 3.81. The molecule has 0 aliphatic heterocycles. The summed E-state index contributed by atoms with van der Waals surface area (Å²) in [5.41, 5.74) is 1.12. The van der Waals surface area contributed by atoms with Crippen molar-refractivity contribution in [2.75, 3.05) is 0 Å². The first kappa shape index (κ1) is 14.8. The Balaban J connectivity index is 2.67. The number of carbonyl (C=O) groups excluding carboxylic acids is 1. The molecule has 0 spiro atoms. The van der Waals surface area contributed by atoms with Crippen molar-refractivity contribution in [1.82, 2.24) is 4.72 Å². The molecule has 0 saturated heterocycles. The van der Waals surface area contributed by atoms with Crippen molar-refractivity contribution in [3.63, 3.8) is 0 Å². The summed E-state index contributed by atoms with van der Waals surface area (Å²) in [5, 5.41) is 0. The average molecular weight is 292 g/mol. The van der Waals surface area contributed by atoms with Crippen LogP contribution in [0.5, 0.6) is 5.75 Å². The zero-order valence-electron chi connectivity index (χ0n) is 10.0. The molecule has 0 heterocycles. The Morgan fingerprint density at radius 2 is 1.94 bits per heavy atom. The molecule has 0 radical (unpaired) electrons. The van der Waals surface area contributed by atoms with E-state index in [4.69, 9.17) is 15.4 Å². The molecular weight excluding hydrogens is 278 g/mol. The summed E-state index contributed by atoms with van der Waals surface area (Å²) in [5.74, 6) is 0.663. The first-order valence-electron chi connectivity index (χ1n) is 5.36. The van der Waals surface area contributed by atoms with Crippen LogP contribution in [0.3, 0.4) is 0 Å². The smallest absolute Gasteiger partial charge is 0.410 e. The number of hydrogen-bond donors (Lipinski definition) is 1. The molecule has 5 nitrogen and oxygen atoms in total. The molecule has 7 heteroatoms. The van der Waals surface area contributed by atoms with Crippen LogP contribution in [0.2, 0.25) is 0 Å². The van der Waals surface area contributed by atoms with E-state index in [2.05, 4.69) is 13.8 Å². The van der Waals surface area contributed by atoms with Gasteiger partial charge in [0, 0.05) is 10.7 Å². The Morgan fingerprint density at radius 3 is 2.39 bits per heavy atom. The van der Waals surface area contributed by atoms with Crippen LogP contribution in [0.15, 0.2) is 24.3 Å². The zero-order valence-corrected chi connectivity index (χ0v) is 11.6. The van der Waals surface area contributed by atoms with Crippen LogP contribution < -0.4 is 9.46 Å². The maximum atomic E-state index is 11.1. The van der Waals surface area contributed by atoms with E-state index >= 15 is 0 Å². The van der Waals surface area contributed by atoms with Gasteiger partial charge in [0.2, 0.25) is 0 Å². The highest BCUT2D eigenvalue weighted by molar-refractivity contribution is 8.12. The summed E-state index contributed by atoms with van der Waals surface area (Å²) >= 11 is 0. The van der Waals surface area contributed by atoms with E-state index in [9.17, 15) is 13.2 Å². The number of ether oxygens (including phenoxy) is 1. The fourth-order valence-corrected chi connectivity index (χ4v) is 1.76. The van der Waals surface area contributed by atoms with Crippen LogP contribution in [-0.2, 0) is 9.24 Å². The quantitative estimate of drug-likeness (QED) is 0.866. The average Bonchev–Trinajstić information content (AvgIpc) is 2.26. The third-order valence-corrected chi connectivity index (χ3v) is 3.12. The van der Waals surface area contributed by atoms with E-state index in [0.29, 0.717) is 5.92 Å². The number of hydrogen-bond acceptors (Lipinski definition) is 4. The lowest BCUT2D eigenvalue weighted by Crippen LogP contribution is -2.29. The van der Waals surface area contributed by atoms with Crippen LogP contribution >= 0.6 is 10.7 Å². The number of amides is 1. The van der Waals surface area contributed by atoms with E-state index in [1.54, 1.807) is 12.1 Å². The Labute approximate surface area is 111 Å². The highest BCUT2D eigenvalue weighted by Gasteiger charge is 2.12. The molecule has 100 valence electrons. The number of carbonyl (C=O) groups is 1. The van der Waals surface area contributed by atoms with Crippen LogP contribution in [0.25, 0.3) is 0 Å².